The average Bonchev–Trinajstić information content (AvgIpc) is 3.40. The number of nitrogen functional groups attached to an aromatic ring is 1. The number of sulfone groups is 1. The Labute approximate surface area is 180 Å². The third kappa shape index (κ3) is 4.83. The van der Waals surface area contributed by atoms with Crippen LogP contribution >= 0.6 is 0 Å². The molecule has 0 radical (unpaired) electrons. The lowest BCUT2D eigenvalue weighted by Crippen LogP contribution is -2.17. The summed E-state index contributed by atoms with van der Waals surface area (Å²) in [4.78, 5) is 3.55. The number of rotatable bonds is 6. The van der Waals surface area contributed by atoms with E-state index in [2.05, 4.69) is 19.9 Å². The average molecular weight is 470 g/mol. The molecule has 0 bridgehead atoms. The summed E-state index contributed by atoms with van der Waals surface area (Å²) >= 11 is 0. The Morgan fingerprint density at radius 3 is 2.53 bits per heavy atom. The molecule has 1 aliphatic rings. The molecule has 0 unspecified atom stereocenters. The molecule has 0 aliphatic carbocycles. The SMILES string of the molecule is Nc1cc(S(=O)(=O)c2ccc(OC(F)(F)F)cc2)cnc1-c1nnc(C[C@@H]2CCCO2)o1. The largest absolute Gasteiger partial charge is 0.573 e. The van der Waals surface area contributed by atoms with Crippen molar-refractivity contribution in [3.05, 3.63) is 42.4 Å². The van der Waals surface area contributed by atoms with Crippen molar-refractivity contribution >= 4 is 15.5 Å². The smallest absolute Gasteiger partial charge is 0.419 e. The van der Waals surface area contributed by atoms with Crippen molar-refractivity contribution in [1.82, 2.24) is 15.2 Å². The van der Waals surface area contributed by atoms with Crippen LogP contribution < -0.4 is 10.5 Å². The highest BCUT2D eigenvalue weighted by molar-refractivity contribution is 7.91. The maximum absolute atomic E-state index is 12.8. The summed E-state index contributed by atoms with van der Waals surface area (Å²) in [6, 6.07) is 4.96. The van der Waals surface area contributed by atoms with Gasteiger partial charge in [0.15, 0.2) is 5.69 Å². The minimum absolute atomic E-state index is 0.00838. The summed E-state index contributed by atoms with van der Waals surface area (Å²) in [7, 11) is -4.09. The van der Waals surface area contributed by atoms with E-state index in [1.165, 1.54) is 6.07 Å². The predicted molar refractivity (Wildman–Crippen MR) is 103 cm³/mol. The molecule has 1 saturated heterocycles. The maximum atomic E-state index is 12.8. The number of nitrogens with zero attached hydrogens (tertiary/aromatic N) is 3. The number of aromatic nitrogens is 3. The highest BCUT2D eigenvalue weighted by Gasteiger charge is 2.31. The van der Waals surface area contributed by atoms with Crippen LogP contribution in [0, 0.1) is 0 Å². The Morgan fingerprint density at radius 2 is 1.91 bits per heavy atom. The first-order chi connectivity index (χ1) is 15.1. The molecule has 1 aromatic carbocycles. The molecule has 2 aromatic heterocycles. The normalized spacial score (nSPS) is 16.9. The number of anilines is 1. The molecule has 1 aliphatic heterocycles. The molecule has 170 valence electrons. The van der Waals surface area contributed by atoms with Crippen molar-refractivity contribution < 1.29 is 35.5 Å². The van der Waals surface area contributed by atoms with Gasteiger partial charge in [-0.1, -0.05) is 0 Å². The van der Waals surface area contributed by atoms with Crippen molar-refractivity contribution in [1.29, 1.82) is 0 Å². The van der Waals surface area contributed by atoms with E-state index in [0.717, 1.165) is 43.3 Å². The number of hydrogen-bond acceptors (Lipinski definition) is 9. The van der Waals surface area contributed by atoms with Gasteiger partial charge in [0.05, 0.1) is 28.0 Å². The number of hydrogen-bond donors (Lipinski definition) is 1. The molecule has 4 rings (SSSR count). The number of alkyl halides is 3. The van der Waals surface area contributed by atoms with E-state index in [-0.39, 0.29) is 33.2 Å². The Balaban J connectivity index is 1.54. The van der Waals surface area contributed by atoms with E-state index in [1.807, 2.05) is 0 Å². The third-order valence-corrected chi connectivity index (χ3v) is 6.40. The van der Waals surface area contributed by atoms with E-state index < -0.39 is 21.9 Å². The highest BCUT2D eigenvalue weighted by Crippen LogP contribution is 2.30. The van der Waals surface area contributed by atoms with Gasteiger partial charge in [0.25, 0.3) is 5.89 Å². The fraction of sp³-hybridized carbons (Fsp3) is 0.316. The van der Waals surface area contributed by atoms with Gasteiger partial charge >= 0.3 is 6.36 Å². The van der Waals surface area contributed by atoms with Crippen LogP contribution in [0.25, 0.3) is 11.6 Å². The van der Waals surface area contributed by atoms with E-state index in [9.17, 15) is 21.6 Å². The summed E-state index contributed by atoms with van der Waals surface area (Å²) in [6.45, 7) is 0.689. The van der Waals surface area contributed by atoms with Crippen molar-refractivity contribution in [2.24, 2.45) is 0 Å². The van der Waals surface area contributed by atoms with Crippen molar-refractivity contribution in [2.45, 2.75) is 41.5 Å². The molecule has 32 heavy (non-hydrogen) atoms. The van der Waals surface area contributed by atoms with E-state index in [1.54, 1.807) is 0 Å². The first-order valence-electron chi connectivity index (χ1n) is 9.42. The van der Waals surface area contributed by atoms with Crippen molar-refractivity contribution in [3.63, 3.8) is 0 Å². The fourth-order valence-electron chi connectivity index (χ4n) is 3.18. The van der Waals surface area contributed by atoms with Gasteiger partial charge in [0.1, 0.15) is 5.75 Å². The molecule has 3 heterocycles. The Morgan fingerprint density at radius 1 is 1.16 bits per heavy atom. The monoisotopic (exact) mass is 470 g/mol. The van der Waals surface area contributed by atoms with Gasteiger partial charge in [-0.05, 0) is 43.2 Å². The van der Waals surface area contributed by atoms with Crippen LogP contribution in [0.3, 0.4) is 0 Å². The van der Waals surface area contributed by atoms with E-state index in [0.29, 0.717) is 18.9 Å². The van der Waals surface area contributed by atoms with E-state index >= 15 is 0 Å². The zero-order valence-corrected chi connectivity index (χ0v) is 17.2. The van der Waals surface area contributed by atoms with Gasteiger partial charge in [-0.15, -0.1) is 23.4 Å². The Kier molecular flexibility index (Phi) is 5.77. The molecule has 2 N–H and O–H groups in total. The first-order valence-corrected chi connectivity index (χ1v) is 10.9. The van der Waals surface area contributed by atoms with Crippen LogP contribution in [-0.2, 0) is 21.0 Å². The highest BCUT2D eigenvalue weighted by atomic mass is 32.2. The molecule has 13 heteroatoms. The zero-order chi connectivity index (χ0) is 22.9. The van der Waals surface area contributed by atoms with Gasteiger partial charge in [-0.3, -0.25) is 0 Å². The summed E-state index contributed by atoms with van der Waals surface area (Å²) in [6.07, 6.45) is -1.50. The van der Waals surface area contributed by atoms with E-state index in [4.69, 9.17) is 14.9 Å². The molecule has 3 aromatic rings. The van der Waals surface area contributed by atoms with Crippen molar-refractivity contribution in [2.75, 3.05) is 12.3 Å². The molecule has 1 fully saturated rings. The second kappa shape index (κ2) is 8.39. The van der Waals surface area contributed by atoms with Crippen molar-refractivity contribution in [3.8, 4) is 17.3 Å². The minimum Gasteiger partial charge on any atom is -0.419 e. The number of nitrogens with two attached hydrogens (primary N) is 1. The summed E-state index contributed by atoms with van der Waals surface area (Å²) in [5.41, 5.74) is 6.07. The molecule has 0 amide bonds. The summed E-state index contributed by atoms with van der Waals surface area (Å²) in [5.74, 6) is -0.154. The molecule has 1 atom stereocenters. The Bertz CT molecular complexity index is 1210. The van der Waals surface area contributed by atoms with Gasteiger partial charge in [0.2, 0.25) is 15.7 Å². The molecule has 0 spiro atoms. The molecular formula is C19H17F3N4O5S. The summed E-state index contributed by atoms with van der Waals surface area (Å²) in [5, 5.41) is 7.86. The van der Waals surface area contributed by atoms with Crippen LogP contribution in [0.5, 0.6) is 5.75 Å². The second-order valence-corrected chi connectivity index (χ2v) is 8.92. The number of ether oxygens (including phenoxy) is 2. The van der Waals surface area contributed by atoms with Crippen LogP contribution in [0.2, 0.25) is 0 Å². The van der Waals surface area contributed by atoms with Gasteiger partial charge < -0.3 is 19.6 Å². The number of halogens is 3. The Hall–Kier alpha value is -3.19. The molecule has 0 saturated carbocycles. The van der Waals surface area contributed by atoms with Gasteiger partial charge in [0, 0.05) is 12.8 Å². The van der Waals surface area contributed by atoms with Crippen LogP contribution in [0.1, 0.15) is 18.7 Å². The third-order valence-electron chi connectivity index (χ3n) is 4.67. The predicted octanol–water partition coefficient (Wildman–Crippen LogP) is 3.17. The zero-order valence-electron chi connectivity index (χ0n) is 16.4. The number of pyridine rings is 1. The lowest BCUT2D eigenvalue weighted by Gasteiger charge is -2.10. The van der Waals surface area contributed by atoms with Crippen LogP contribution in [-0.4, -0.2) is 42.7 Å². The quantitative estimate of drug-likeness (QED) is 0.577. The topological polar surface area (TPSA) is 130 Å². The lowest BCUT2D eigenvalue weighted by atomic mass is 10.2. The first kappa shape index (κ1) is 22.0. The minimum atomic E-state index is -4.88. The maximum Gasteiger partial charge on any atom is 0.573 e. The summed E-state index contributed by atoms with van der Waals surface area (Å²) < 4.78 is 77.3. The number of benzene rings is 1. The molecular weight excluding hydrogens is 453 g/mol. The second-order valence-electron chi connectivity index (χ2n) is 6.97. The van der Waals surface area contributed by atoms with Crippen LogP contribution in [0.4, 0.5) is 18.9 Å². The molecule has 9 nitrogen and oxygen atoms in total. The van der Waals surface area contributed by atoms with Crippen LogP contribution in [0.15, 0.2) is 50.7 Å². The van der Waals surface area contributed by atoms with Gasteiger partial charge in [-0.2, -0.15) is 0 Å². The fourth-order valence-corrected chi connectivity index (χ4v) is 4.42. The standard InChI is InChI=1S/C19H17F3N4O5S/c20-19(21,22)31-11-3-5-13(6-4-11)32(27,28)14-9-15(23)17(24-10-14)18-26-25-16(30-18)8-12-2-1-7-29-12/h3-6,9-10,12H,1-2,7-8,23H2/t12-/m0/s1. The van der Waals surface area contributed by atoms with Gasteiger partial charge in [-0.25, -0.2) is 13.4 Å². The lowest BCUT2D eigenvalue weighted by molar-refractivity contribution is -0.274.